The molecule has 0 heterocycles. The summed E-state index contributed by atoms with van der Waals surface area (Å²) >= 11 is 0. The second-order valence-corrected chi connectivity index (χ2v) is 8.70. The fourth-order valence-corrected chi connectivity index (χ4v) is 4.00. The molecule has 0 radical (unpaired) electrons. The Bertz CT molecular complexity index is 1080. The third-order valence-electron chi connectivity index (χ3n) is 5.66. The molecule has 3 nitrogen and oxygen atoms in total. The zero-order chi connectivity index (χ0) is 22.7. The molecule has 162 valence electrons. The lowest BCUT2D eigenvalue weighted by Crippen LogP contribution is -2.01. The molecule has 0 fully saturated rings. The van der Waals surface area contributed by atoms with Crippen LogP contribution in [0, 0.1) is 6.92 Å². The van der Waals surface area contributed by atoms with Gasteiger partial charge < -0.3 is 9.84 Å². The minimum absolute atomic E-state index is 0.226. The van der Waals surface area contributed by atoms with Gasteiger partial charge in [-0.3, -0.25) is 4.99 Å². The summed E-state index contributed by atoms with van der Waals surface area (Å²) in [5.74, 6) is 1.68. The van der Waals surface area contributed by atoms with Crippen LogP contribution in [0.25, 0.3) is 11.1 Å². The predicted octanol–water partition coefficient (Wildman–Crippen LogP) is 7.76. The van der Waals surface area contributed by atoms with Crippen molar-refractivity contribution in [3.8, 4) is 22.6 Å². The summed E-state index contributed by atoms with van der Waals surface area (Å²) in [6.45, 7) is 12.8. The molecule has 0 unspecified atom stereocenters. The normalized spacial score (nSPS) is 12.0. The molecule has 3 heteroatoms. The maximum absolute atomic E-state index is 11.3. The molecule has 0 aromatic heterocycles. The first-order valence-corrected chi connectivity index (χ1v) is 10.9. The second-order valence-electron chi connectivity index (χ2n) is 8.70. The molecule has 0 spiro atoms. The van der Waals surface area contributed by atoms with Gasteiger partial charge in [0.15, 0.2) is 0 Å². The van der Waals surface area contributed by atoms with Crippen LogP contribution in [0.1, 0.15) is 68.7 Å². The Kier molecular flexibility index (Phi) is 6.84. The highest BCUT2D eigenvalue weighted by atomic mass is 16.5. The van der Waals surface area contributed by atoms with Crippen molar-refractivity contribution < 1.29 is 9.84 Å². The molecule has 0 atom stereocenters. The van der Waals surface area contributed by atoms with E-state index in [0.717, 1.165) is 39.4 Å². The summed E-state index contributed by atoms with van der Waals surface area (Å²) < 4.78 is 5.53. The molecule has 0 aliphatic carbocycles. The lowest BCUT2D eigenvalue weighted by Gasteiger charge is -2.18. The van der Waals surface area contributed by atoms with E-state index in [4.69, 9.17) is 9.73 Å². The number of benzene rings is 3. The molecule has 0 bridgehead atoms. The molecule has 0 aliphatic rings. The minimum Gasteiger partial charge on any atom is -0.507 e. The van der Waals surface area contributed by atoms with E-state index < -0.39 is 0 Å². The number of methoxy groups -OCH3 is 1. The van der Waals surface area contributed by atoms with E-state index >= 15 is 0 Å². The SMILES string of the molecule is COc1ccccc1-c1cc(C)cc(/C(C)=N/c2c(C(C)C)cccc2C(C)C)c1O. The average Bonchev–Trinajstić information content (AvgIpc) is 2.74. The third-order valence-corrected chi connectivity index (χ3v) is 5.66. The topological polar surface area (TPSA) is 41.8 Å². The summed E-state index contributed by atoms with van der Waals surface area (Å²) in [6.07, 6.45) is 0. The van der Waals surface area contributed by atoms with Crippen molar-refractivity contribution in [3.63, 3.8) is 0 Å². The maximum Gasteiger partial charge on any atom is 0.132 e. The Balaban J connectivity index is 2.22. The zero-order valence-electron chi connectivity index (χ0n) is 19.7. The first-order valence-electron chi connectivity index (χ1n) is 10.9. The summed E-state index contributed by atoms with van der Waals surface area (Å²) in [6, 6.07) is 18.2. The van der Waals surface area contributed by atoms with Crippen LogP contribution in [0.5, 0.6) is 11.5 Å². The Morgan fingerprint density at radius 2 is 1.48 bits per heavy atom. The molecule has 1 N–H and O–H groups in total. The van der Waals surface area contributed by atoms with Crippen LogP contribution < -0.4 is 4.74 Å². The van der Waals surface area contributed by atoms with Crippen molar-refractivity contribution in [1.82, 2.24) is 0 Å². The van der Waals surface area contributed by atoms with Crippen molar-refractivity contribution in [2.45, 2.75) is 53.4 Å². The first kappa shape index (κ1) is 22.6. The Morgan fingerprint density at radius 3 is 2.06 bits per heavy atom. The number of phenols is 1. The third kappa shape index (κ3) is 4.66. The average molecular weight is 416 g/mol. The molecule has 31 heavy (non-hydrogen) atoms. The molecular weight excluding hydrogens is 382 g/mol. The highest BCUT2D eigenvalue weighted by Gasteiger charge is 2.18. The Hall–Kier alpha value is -3.07. The number of hydrogen-bond acceptors (Lipinski definition) is 3. The largest absolute Gasteiger partial charge is 0.507 e. The van der Waals surface area contributed by atoms with Gasteiger partial charge in [-0.05, 0) is 60.6 Å². The van der Waals surface area contributed by atoms with Crippen molar-refractivity contribution in [1.29, 1.82) is 0 Å². The van der Waals surface area contributed by atoms with Crippen molar-refractivity contribution in [2.24, 2.45) is 4.99 Å². The molecule has 0 saturated heterocycles. The standard InChI is InChI=1S/C28H33NO2/c1-17(2)21-12-10-13-22(18(3)4)27(21)29-20(6)24-15-19(5)16-25(28(24)30)23-11-8-9-14-26(23)31-7/h8-18,30H,1-7H3/b29-20+. The van der Waals surface area contributed by atoms with Crippen molar-refractivity contribution in [2.75, 3.05) is 7.11 Å². The van der Waals surface area contributed by atoms with Gasteiger partial charge in [0.25, 0.3) is 0 Å². The van der Waals surface area contributed by atoms with Crippen LogP contribution in [0.3, 0.4) is 0 Å². The van der Waals surface area contributed by atoms with Crippen LogP contribution in [-0.2, 0) is 0 Å². The number of aryl methyl sites for hydroxylation is 1. The molecule has 3 rings (SSSR count). The summed E-state index contributed by atoms with van der Waals surface area (Å²) in [4.78, 5) is 5.08. The quantitative estimate of drug-likeness (QED) is 0.418. The Labute approximate surface area is 186 Å². The predicted molar refractivity (Wildman–Crippen MR) is 131 cm³/mol. The van der Waals surface area contributed by atoms with Crippen LogP contribution in [0.15, 0.2) is 59.6 Å². The van der Waals surface area contributed by atoms with Gasteiger partial charge in [0.2, 0.25) is 0 Å². The van der Waals surface area contributed by atoms with Crippen LogP contribution in [0.4, 0.5) is 5.69 Å². The summed E-state index contributed by atoms with van der Waals surface area (Å²) in [5, 5.41) is 11.3. The monoisotopic (exact) mass is 415 g/mol. The van der Waals surface area contributed by atoms with Gasteiger partial charge in [0.05, 0.1) is 12.8 Å². The number of phenolic OH excluding ortho intramolecular Hbond substituents is 1. The molecule has 0 aliphatic heterocycles. The van der Waals surface area contributed by atoms with Crippen molar-refractivity contribution in [3.05, 3.63) is 76.9 Å². The number of ether oxygens (including phenoxy) is 1. The van der Waals surface area contributed by atoms with E-state index in [0.29, 0.717) is 11.8 Å². The molecule has 0 amide bonds. The number of nitrogens with zero attached hydrogens (tertiary/aromatic N) is 1. The van der Waals surface area contributed by atoms with Gasteiger partial charge in [-0.25, -0.2) is 0 Å². The highest BCUT2D eigenvalue weighted by Crippen LogP contribution is 2.40. The van der Waals surface area contributed by atoms with Crippen LogP contribution in [0.2, 0.25) is 0 Å². The Morgan fingerprint density at radius 1 is 0.871 bits per heavy atom. The number of para-hydroxylation sites is 2. The van der Waals surface area contributed by atoms with Crippen LogP contribution in [-0.4, -0.2) is 17.9 Å². The number of hydrogen-bond donors (Lipinski definition) is 1. The van der Waals surface area contributed by atoms with Gasteiger partial charge in [0.1, 0.15) is 11.5 Å². The molecule has 0 saturated carbocycles. The van der Waals surface area contributed by atoms with E-state index in [1.54, 1.807) is 7.11 Å². The molecule has 3 aromatic rings. The summed E-state index contributed by atoms with van der Waals surface area (Å²) in [7, 11) is 1.65. The van der Waals surface area contributed by atoms with E-state index in [-0.39, 0.29) is 5.75 Å². The first-order chi connectivity index (χ1) is 14.7. The van der Waals surface area contributed by atoms with Gasteiger partial charge in [-0.2, -0.15) is 0 Å². The fraction of sp³-hybridized carbons (Fsp3) is 0.321. The van der Waals surface area contributed by atoms with E-state index in [1.807, 2.05) is 50.2 Å². The van der Waals surface area contributed by atoms with Gasteiger partial charge in [0, 0.05) is 22.4 Å². The molecular formula is C28H33NO2. The lowest BCUT2D eigenvalue weighted by atomic mass is 9.92. The van der Waals surface area contributed by atoms with Gasteiger partial charge >= 0.3 is 0 Å². The number of aromatic hydroxyl groups is 1. The van der Waals surface area contributed by atoms with E-state index in [9.17, 15) is 5.11 Å². The van der Waals surface area contributed by atoms with E-state index in [2.05, 4.69) is 45.9 Å². The highest BCUT2D eigenvalue weighted by molar-refractivity contribution is 6.05. The van der Waals surface area contributed by atoms with Crippen molar-refractivity contribution >= 4 is 11.4 Å². The molecule has 3 aromatic carbocycles. The minimum atomic E-state index is 0.226. The zero-order valence-corrected chi connectivity index (χ0v) is 19.7. The lowest BCUT2D eigenvalue weighted by molar-refractivity contribution is 0.415. The van der Waals surface area contributed by atoms with Crippen LogP contribution >= 0.6 is 0 Å². The number of aliphatic imine (C=N–C) groups is 1. The summed E-state index contributed by atoms with van der Waals surface area (Å²) in [5.41, 5.74) is 7.69. The second kappa shape index (κ2) is 9.38. The fourth-order valence-electron chi connectivity index (χ4n) is 4.00. The van der Waals surface area contributed by atoms with Gasteiger partial charge in [-0.1, -0.05) is 64.1 Å². The maximum atomic E-state index is 11.3. The van der Waals surface area contributed by atoms with Gasteiger partial charge in [-0.15, -0.1) is 0 Å². The van der Waals surface area contributed by atoms with E-state index in [1.165, 1.54) is 11.1 Å². The smallest absolute Gasteiger partial charge is 0.132 e. The number of rotatable bonds is 6.